The normalized spacial score (nSPS) is 17.6. The fraction of sp³-hybridized carbons (Fsp3) is 0.429. The molecule has 0 radical (unpaired) electrons. The summed E-state index contributed by atoms with van der Waals surface area (Å²) in [5.41, 5.74) is 3.93. The molecule has 2 aliphatic rings. The van der Waals surface area contributed by atoms with Gasteiger partial charge in [-0.2, -0.15) is 0 Å². The first-order valence-corrected chi connectivity index (χ1v) is 13.1. The minimum atomic E-state index is -0.692. The van der Waals surface area contributed by atoms with Gasteiger partial charge in [-0.15, -0.1) is 0 Å². The van der Waals surface area contributed by atoms with Gasteiger partial charge < -0.3 is 29.9 Å². The van der Waals surface area contributed by atoms with Crippen molar-refractivity contribution in [2.75, 3.05) is 31.7 Å². The van der Waals surface area contributed by atoms with Crippen LogP contribution in [0.2, 0.25) is 0 Å². The highest BCUT2D eigenvalue weighted by Gasteiger charge is 2.33. The number of nitrogens with one attached hydrogen (secondary N) is 2. The predicted molar refractivity (Wildman–Crippen MR) is 143 cm³/mol. The highest BCUT2D eigenvalue weighted by atomic mass is 16.5. The van der Waals surface area contributed by atoms with Crippen LogP contribution in [0, 0.1) is 6.92 Å². The minimum Gasteiger partial charge on any atom is -0.394 e. The Hall–Kier alpha value is -3.76. The Morgan fingerprint density at radius 2 is 2.03 bits per heavy atom. The number of ether oxygens (including phenoxy) is 1. The van der Waals surface area contributed by atoms with E-state index in [-0.39, 0.29) is 24.5 Å². The maximum atomic E-state index is 13.4. The Balaban J connectivity index is 1.28. The van der Waals surface area contributed by atoms with Crippen LogP contribution >= 0.6 is 0 Å². The zero-order chi connectivity index (χ0) is 26.6. The van der Waals surface area contributed by atoms with Gasteiger partial charge in [0.05, 0.1) is 18.3 Å². The molecule has 1 aromatic carbocycles. The number of hydrogen-bond donors (Lipinski definition) is 3. The summed E-state index contributed by atoms with van der Waals surface area (Å²) in [6.07, 6.45) is 5.46. The van der Waals surface area contributed by atoms with E-state index < -0.39 is 12.1 Å². The Morgan fingerprint density at radius 3 is 2.79 bits per heavy atom. The van der Waals surface area contributed by atoms with E-state index in [4.69, 9.17) is 4.74 Å². The van der Waals surface area contributed by atoms with Crippen LogP contribution in [0.4, 0.5) is 5.95 Å². The molecular weight excluding hydrogens is 484 g/mol. The van der Waals surface area contributed by atoms with Gasteiger partial charge in [-0.1, -0.05) is 29.8 Å². The zero-order valence-corrected chi connectivity index (χ0v) is 21.8. The van der Waals surface area contributed by atoms with Crippen LogP contribution in [0.1, 0.15) is 47.4 Å². The average molecular weight is 519 g/mol. The van der Waals surface area contributed by atoms with E-state index in [0.29, 0.717) is 24.7 Å². The standard InChI is InChI=1S/C28H34N6O4/c1-18-4-3-5-20(14-18)24(17-35)31-26(36)19(2)34-11-10-33-16-21(15-25(33)27(34)37)23-6-9-29-28(32-23)30-22-7-12-38-13-8-22/h3-6,9,14-16,19,22,24,35H,7-8,10-13,17H2,1-2H3,(H,31,36)(H,29,30,32)/t19-,24-/m1/s1. The van der Waals surface area contributed by atoms with Crippen LogP contribution in [-0.2, 0) is 16.1 Å². The van der Waals surface area contributed by atoms with E-state index in [0.717, 1.165) is 48.4 Å². The number of anilines is 1. The molecule has 2 aromatic heterocycles. The Labute approximate surface area is 222 Å². The molecule has 0 aliphatic carbocycles. The van der Waals surface area contributed by atoms with Gasteiger partial charge in [-0.25, -0.2) is 9.97 Å². The number of hydrogen-bond acceptors (Lipinski definition) is 7. The summed E-state index contributed by atoms with van der Waals surface area (Å²) in [5, 5.41) is 16.2. The van der Waals surface area contributed by atoms with Gasteiger partial charge in [0.2, 0.25) is 11.9 Å². The second-order valence-corrected chi connectivity index (χ2v) is 9.94. The number of carbonyl (C=O) groups excluding carboxylic acids is 2. The maximum absolute atomic E-state index is 13.4. The Kier molecular flexibility index (Phi) is 7.71. The predicted octanol–water partition coefficient (Wildman–Crippen LogP) is 2.54. The molecule has 10 heteroatoms. The van der Waals surface area contributed by atoms with E-state index in [9.17, 15) is 14.7 Å². The summed E-state index contributed by atoms with van der Waals surface area (Å²) >= 11 is 0. The third kappa shape index (κ3) is 5.56. The minimum absolute atomic E-state index is 0.212. The molecule has 5 rings (SSSR count). The highest BCUT2D eigenvalue weighted by molar-refractivity contribution is 5.98. The molecule has 3 N–H and O–H groups in total. The molecule has 2 atom stereocenters. The lowest BCUT2D eigenvalue weighted by Crippen LogP contribution is -2.52. The molecular formula is C28H34N6O4. The Morgan fingerprint density at radius 1 is 1.21 bits per heavy atom. The SMILES string of the molecule is Cc1cccc([C@@H](CO)NC(=O)[C@@H](C)N2CCn3cc(-c4ccnc(NC5CCOCC5)n4)cc3C2=O)c1. The van der Waals surface area contributed by atoms with Crippen molar-refractivity contribution in [3.8, 4) is 11.3 Å². The summed E-state index contributed by atoms with van der Waals surface area (Å²) < 4.78 is 7.33. The van der Waals surface area contributed by atoms with Crippen LogP contribution in [0.15, 0.2) is 48.8 Å². The third-order valence-corrected chi connectivity index (χ3v) is 7.25. The molecule has 0 unspecified atom stereocenters. The molecule has 2 aliphatic heterocycles. The molecule has 200 valence electrons. The van der Waals surface area contributed by atoms with E-state index in [1.54, 1.807) is 18.0 Å². The molecule has 10 nitrogen and oxygen atoms in total. The van der Waals surface area contributed by atoms with Gasteiger partial charge in [0.25, 0.3) is 5.91 Å². The molecule has 3 aromatic rings. The van der Waals surface area contributed by atoms with Crippen molar-refractivity contribution in [1.29, 1.82) is 0 Å². The molecule has 1 saturated heterocycles. The van der Waals surface area contributed by atoms with E-state index in [1.165, 1.54) is 0 Å². The number of rotatable bonds is 8. The van der Waals surface area contributed by atoms with Crippen LogP contribution in [0.25, 0.3) is 11.3 Å². The molecule has 0 saturated carbocycles. The summed E-state index contributed by atoms with van der Waals surface area (Å²) in [4.78, 5) is 37.1. The van der Waals surface area contributed by atoms with E-state index in [2.05, 4.69) is 20.6 Å². The van der Waals surface area contributed by atoms with Crippen molar-refractivity contribution < 1.29 is 19.4 Å². The van der Waals surface area contributed by atoms with Crippen molar-refractivity contribution in [3.63, 3.8) is 0 Å². The molecule has 0 spiro atoms. The fourth-order valence-electron chi connectivity index (χ4n) is 5.02. The van der Waals surface area contributed by atoms with Crippen molar-refractivity contribution in [3.05, 3.63) is 65.6 Å². The van der Waals surface area contributed by atoms with Gasteiger partial charge in [0.1, 0.15) is 11.7 Å². The number of amides is 2. The number of nitrogens with zero attached hydrogens (tertiary/aromatic N) is 4. The van der Waals surface area contributed by atoms with Gasteiger partial charge in [0.15, 0.2) is 0 Å². The van der Waals surface area contributed by atoms with Crippen LogP contribution in [-0.4, -0.2) is 74.8 Å². The third-order valence-electron chi connectivity index (χ3n) is 7.25. The number of aryl methyl sites for hydroxylation is 1. The highest BCUT2D eigenvalue weighted by Crippen LogP contribution is 2.26. The van der Waals surface area contributed by atoms with Gasteiger partial charge in [-0.3, -0.25) is 9.59 Å². The molecule has 4 heterocycles. The van der Waals surface area contributed by atoms with Gasteiger partial charge in [-0.05, 0) is 44.4 Å². The average Bonchev–Trinajstić information content (AvgIpc) is 3.38. The largest absolute Gasteiger partial charge is 0.394 e. The second-order valence-electron chi connectivity index (χ2n) is 9.94. The lowest BCUT2D eigenvalue weighted by atomic mass is 10.0. The number of aromatic nitrogens is 3. The number of benzene rings is 1. The number of carbonyl (C=O) groups is 2. The number of fused-ring (bicyclic) bond motifs is 1. The first-order chi connectivity index (χ1) is 18.4. The van der Waals surface area contributed by atoms with E-state index in [1.807, 2.05) is 54.1 Å². The fourth-order valence-corrected chi connectivity index (χ4v) is 5.02. The topological polar surface area (TPSA) is 122 Å². The molecule has 0 bridgehead atoms. The summed E-state index contributed by atoms with van der Waals surface area (Å²) in [7, 11) is 0. The van der Waals surface area contributed by atoms with Crippen LogP contribution in [0.5, 0.6) is 0 Å². The van der Waals surface area contributed by atoms with Crippen molar-refractivity contribution in [1.82, 2.24) is 24.8 Å². The Bertz CT molecular complexity index is 1300. The number of aliphatic hydroxyl groups excluding tert-OH is 1. The quantitative estimate of drug-likeness (QED) is 0.419. The lowest BCUT2D eigenvalue weighted by molar-refractivity contribution is -0.126. The van der Waals surface area contributed by atoms with Crippen molar-refractivity contribution >= 4 is 17.8 Å². The van der Waals surface area contributed by atoms with Gasteiger partial charge in [0, 0.05) is 50.3 Å². The maximum Gasteiger partial charge on any atom is 0.271 e. The van der Waals surface area contributed by atoms with Crippen molar-refractivity contribution in [2.45, 2.75) is 51.4 Å². The lowest BCUT2D eigenvalue weighted by Gasteiger charge is -2.33. The monoisotopic (exact) mass is 518 g/mol. The first-order valence-electron chi connectivity index (χ1n) is 13.1. The summed E-state index contributed by atoms with van der Waals surface area (Å²) in [6, 6.07) is 10.4. The number of aliphatic hydroxyl groups is 1. The summed E-state index contributed by atoms with van der Waals surface area (Å²) in [6.45, 7) is 5.88. The van der Waals surface area contributed by atoms with E-state index >= 15 is 0 Å². The van der Waals surface area contributed by atoms with Crippen LogP contribution in [0.3, 0.4) is 0 Å². The molecule has 2 amide bonds. The van der Waals surface area contributed by atoms with Crippen LogP contribution < -0.4 is 10.6 Å². The second kappa shape index (κ2) is 11.3. The molecule has 38 heavy (non-hydrogen) atoms. The first kappa shape index (κ1) is 25.9. The zero-order valence-electron chi connectivity index (χ0n) is 21.8. The van der Waals surface area contributed by atoms with Gasteiger partial charge >= 0.3 is 0 Å². The molecule has 1 fully saturated rings. The smallest absolute Gasteiger partial charge is 0.271 e. The van der Waals surface area contributed by atoms with Crippen molar-refractivity contribution in [2.24, 2.45) is 0 Å². The summed E-state index contributed by atoms with van der Waals surface area (Å²) in [5.74, 6) is 0.0403.